The number of nitrogens with one attached hydrogen (secondary N) is 1. The standard InChI is InChI=1S/C19H18N4O2S/c26-19-22-21-18(17-10-5-11-24-17)23(19)20-13-14-6-4-9-16(12-14)25-15-7-2-1-3-8-15/h1-4,6-9,12-13,17H,5,10-11H2,(H,22,26)/b20-13-/t17-/m0/s1. The highest BCUT2D eigenvalue weighted by atomic mass is 32.1. The number of aromatic nitrogens is 3. The number of nitrogens with zero attached hydrogens (tertiary/aromatic N) is 3. The lowest BCUT2D eigenvalue weighted by molar-refractivity contribution is 0.102. The van der Waals surface area contributed by atoms with E-state index < -0.39 is 0 Å². The number of H-pyrrole nitrogens is 1. The van der Waals surface area contributed by atoms with E-state index in [0.717, 1.165) is 36.5 Å². The van der Waals surface area contributed by atoms with Crippen LogP contribution in [0.15, 0.2) is 59.7 Å². The van der Waals surface area contributed by atoms with Gasteiger partial charge in [0.25, 0.3) is 0 Å². The molecule has 2 heterocycles. The molecule has 0 spiro atoms. The molecule has 0 saturated carbocycles. The predicted molar refractivity (Wildman–Crippen MR) is 101 cm³/mol. The topological polar surface area (TPSA) is 64.4 Å². The van der Waals surface area contributed by atoms with Gasteiger partial charge in [-0.3, -0.25) is 5.10 Å². The van der Waals surface area contributed by atoms with Crippen LogP contribution in [0.4, 0.5) is 0 Å². The van der Waals surface area contributed by atoms with Gasteiger partial charge < -0.3 is 9.47 Å². The van der Waals surface area contributed by atoms with Crippen LogP contribution in [0.3, 0.4) is 0 Å². The minimum absolute atomic E-state index is 0.0622. The predicted octanol–water partition coefficient (Wildman–Crippen LogP) is 4.47. The average Bonchev–Trinajstić information content (AvgIpc) is 3.31. The van der Waals surface area contributed by atoms with Gasteiger partial charge in [-0.05, 0) is 54.9 Å². The van der Waals surface area contributed by atoms with Crippen molar-refractivity contribution in [2.75, 3.05) is 6.61 Å². The van der Waals surface area contributed by atoms with Crippen LogP contribution in [-0.2, 0) is 4.74 Å². The van der Waals surface area contributed by atoms with Crippen LogP contribution in [0, 0.1) is 4.77 Å². The molecule has 1 N–H and O–H groups in total. The van der Waals surface area contributed by atoms with E-state index in [1.807, 2.05) is 54.6 Å². The first-order valence-corrected chi connectivity index (χ1v) is 8.87. The normalized spacial score (nSPS) is 17.0. The number of hydrogen-bond acceptors (Lipinski definition) is 5. The largest absolute Gasteiger partial charge is 0.457 e. The van der Waals surface area contributed by atoms with Crippen LogP contribution < -0.4 is 4.74 Å². The van der Waals surface area contributed by atoms with E-state index in [4.69, 9.17) is 21.7 Å². The van der Waals surface area contributed by atoms with E-state index in [0.29, 0.717) is 10.6 Å². The highest BCUT2D eigenvalue weighted by molar-refractivity contribution is 7.71. The van der Waals surface area contributed by atoms with Crippen molar-refractivity contribution in [3.63, 3.8) is 0 Å². The van der Waals surface area contributed by atoms with Gasteiger partial charge in [0.05, 0.1) is 6.21 Å². The quantitative estimate of drug-likeness (QED) is 0.535. The molecule has 0 aliphatic carbocycles. The van der Waals surface area contributed by atoms with Crippen molar-refractivity contribution in [1.29, 1.82) is 0 Å². The summed E-state index contributed by atoms with van der Waals surface area (Å²) in [6, 6.07) is 17.4. The fourth-order valence-electron chi connectivity index (χ4n) is 2.81. The lowest BCUT2D eigenvalue weighted by Crippen LogP contribution is -2.05. The maximum atomic E-state index is 5.86. The molecular formula is C19H18N4O2S. The minimum atomic E-state index is -0.0622. The summed E-state index contributed by atoms with van der Waals surface area (Å²) in [5, 5.41) is 11.5. The molecule has 26 heavy (non-hydrogen) atoms. The van der Waals surface area contributed by atoms with Crippen LogP contribution >= 0.6 is 12.2 Å². The van der Waals surface area contributed by atoms with Gasteiger partial charge in [0, 0.05) is 6.61 Å². The third-order valence-corrected chi connectivity index (χ3v) is 4.32. The summed E-state index contributed by atoms with van der Waals surface area (Å²) < 4.78 is 13.6. The minimum Gasteiger partial charge on any atom is -0.457 e. The molecular weight excluding hydrogens is 348 g/mol. The maximum absolute atomic E-state index is 5.86. The van der Waals surface area contributed by atoms with Gasteiger partial charge in [-0.2, -0.15) is 14.9 Å². The van der Waals surface area contributed by atoms with Crippen molar-refractivity contribution in [3.05, 3.63) is 70.8 Å². The number of ether oxygens (including phenoxy) is 2. The van der Waals surface area contributed by atoms with Crippen molar-refractivity contribution in [2.24, 2.45) is 5.10 Å². The molecule has 3 aromatic rings. The molecule has 132 valence electrons. The van der Waals surface area contributed by atoms with Crippen LogP contribution in [-0.4, -0.2) is 27.7 Å². The molecule has 0 radical (unpaired) electrons. The molecule has 1 fully saturated rings. The molecule has 0 unspecified atom stereocenters. The molecule has 7 heteroatoms. The number of benzene rings is 2. The number of rotatable bonds is 5. The van der Waals surface area contributed by atoms with Crippen molar-refractivity contribution in [1.82, 2.24) is 14.9 Å². The summed E-state index contributed by atoms with van der Waals surface area (Å²) in [4.78, 5) is 0. The van der Waals surface area contributed by atoms with Gasteiger partial charge in [0.1, 0.15) is 17.6 Å². The summed E-state index contributed by atoms with van der Waals surface area (Å²) in [5.41, 5.74) is 0.903. The third-order valence-electron chi connectivity index (χ3n) is 4.05. The van der Waals surface area contributed by atoms with E-state index in [9.17, 15) is 0 Å². The Kier molecular flexibility index (Phi) is 4.90. The first-order chi connectivity index (χ1) is 12.8. The van der Waals surface area contributed by atoms with Crippen LogP contribution in [0.2, 0.25) is 0 Å². The van der Waals surface area contributed by atoms with Gasteiger partial charge in [0.2, 0.25) is 4.77 Å². The molecule has 1 aliphatic rings. The van der Waals surface area contributed by atoms with E-state index >= 15 is 0 Å². The Morgan fingerprint density at radius 3 is 2.85 bits per heavy atom. The summed E-state index contributed by atoms with van der Waals surface area (Å²) >= 11 is 5.29. The highest BCUT2D eigenvalue weighted by Crippen LogP contribution is 2.27. The van der Waals surface area contributed by atoms with Gasteiger partial charge >= 0.3 is 0 Å². The highest BCUT2D eigenvalue weighted by Gasteiger charge is 2.23. The molecule has 1 saturated heterocycles. The first-order valence-electron chi connectivity index (χ1n) is 8.46. The Hall–Kier alpha value is -2.77. The molecule has 4 rings (SSSR count). The first kappa shape index (κ1) is 16.7. The summed E-state index contributed by atoms with van der Waals surface area (Å²) in [5.74, 6) is 2.25. The fraction of sp³-hybridized carbons (Fsp3) is 0.211. The summed E-state index contributed by atoms with van der Waals surface area (Å²) in [6.07, 6.45) is 3.62. The number of para-hydroxylation sites is 1. The zero-order valence-corrected chi connectivity index (χ0v) is 14.9. The fourth-order valence-corrected chi connectivity index (χ4v) is 3.00. The molecule has 1 aromatic heterocycles. The average molecular weight is 366 g/mol. The Morgan fingerprint density at radius 1 is 1.19 bits per heavy atom. The van der Waals surface area contributed by atoms with Crippen molar-refractivity contribution in [3.8, 4) is 11.5 Å². The van der Waals surface area contributed by atoms with Crippen molar-refractivity contribution >= 4 is 18.4 Å². The van der Waals surface area contributed by atoms with Crippen LogP contribution in [0.1, 0.15) is 30.3 Å². The molecule has 0 bridgehead atoms. The molecule has 2 aromatic carbocycles. The SMILES string of the molecule is S=c1[nH]nc([C@@H]2CCCO2)n1/N=C\c1cccc(Oc2ccccc2)c1. The molecule has 1 atom stereocenters. The van der Waals surface area contributed by atoms with E-state index in [1.54, 1.807) is 10.9 Å². The lowest BCUT2D eigenvalue weighted by Gasteiger charge is -2.08. The summed E-state index contributed by atoms with van der Waals surface area (Å²) in [6.45, 7) is 0.743. The molecule has 1 aliphatic heterocycles. The van der Waals surface area contributed by atoms with E-state index in [1.165, 1.54) is 0 Å². The molecule has 0 amide bonds. The second-order valence-corrected chi connectivity index (χ2v) is 6.32. The van der Waals surface area contributed by atoms with E-state index in [-0.39, 0.29) is 6.10 Å². The zero-order valence-electron chi connectivity index (χ0n) is 14.0. The Bertz CT molecular complexity index is 959. The van der Waals surface area contributed by atoms with Crippen LogP contribution in [0.25, 0.3) is 0 Å². The number of aromatic amines is 1. The Balaban J connectivity index is 1.55. The van der Waals surface area contributed by atoms with Gasteiger partial charge in [0.15, 0.2) is 5.82 Å². The van der Waals surface area contributed by atoms with Gasteiger partial charge in [-0.15, -0.1) is 0 Å². The zero-order chi connectivity index (χ0) is 17.8. The van der Waals surface area contributed by atoms with Crippen molar-refractivity contribution < 1.29 is 9.47 Å². The Labute approximate surface area is 156 Å². The summed E-state index contributed by atoms with van der Waals surface area (Å²) in [7, 11) is 0. The smallest absolute Gasteiger partial charge is 0.216 e. The Morgan fingerprint density at radius 2 is 2.04 bits per heavy atom. The number of hydrogen-bond donors (Lipinski definition) is 1. The second-order valence-electron chi connectivity index (χ2n) is 5.93. The lowest BCUT2D eigenvalue weighted by atomic mass is 10.2. The van der Waals surface area contributed by atoms with Crippen LogP contribution in [0.5, 0.6) is 11.5 Å². The van der Waals surface area contributed by atoms with E-state index in [2.05, 4.69) is 15.3 Å². The second kappa shape index (κ2) is 7.63. The van der Waals surface area contributed by atoms with Crippen molar-refractivity contribution in [2.45, 2.75) is 18.9 Å². The maximum Gasteiger partial charge on any atom is 0.216 e. The third kappa shape index (κ3) is 3.74. The monoisotopic (exact) mass is 366 g/mol. The molecule has 6 nitrogen and oxygen atoms in total. The van der Waals surface area contributed by atoms with Gasteiger partial charge in [-0.25, -0.2) is 0 Å². The van der Waals surface area contributed by atoms with Gasteiger partial charge in [-0.1, -0.05) is 30.3 Å².